The number of thioether (sulfide) groups is 2. The number of rotatable bonds is 5. The molecule has 1 aromatic rings. The van der Waals surface area contributed by atoms with E-state index >= 15 is 0 Å². The van der Waals surface area contributed by atoms with Crippen molar-refractivity contribution in [2.45, 2.75) is 43.4 Å². The molecule has 0 aliphatic carbocycles. The zero-order chi connectivity index (χ0) is 13.0. The zero-order valence-electron chi connectivity index (χ0n) is 11.3. The minimum Gasteiger partial charge on any atom is -0.315 e. The summed E-state index contributed by atoms with van der Waals surface area (Å²) in [6.45, 7) is 5.35. The van der Waals surface area contributed by atoms with Crippen molar-refractivity contribution in [1.29, 1.82) is 0 Å². The van der Waals surface area contributed by atoms with Gasteiger partial charge in [-0.1, -0.05) is 6.92 Å². The third-order valence-corrected chi connectivity index (χ3v) is 6.65. The van der Waals surface area contributed by atoms with Crippen LogP contribution >= 0.6 is 23.5 Å². The van der Waals surface area contributed by atoms with Crippen LogP contribution in [0.2, 0.25) is 0 Å². The van der Waals surface area contributed by atoms with Crippen LogP contribution in [-0.4, -0.2) is 49.9 Å². The Labute approximate surface area is 118 Å². The fraction of sp³-hybridized carbons (Fsp3) is 0.833. The number of likely N-dealkylation sites (N-methyl/N-ethyl adjacent to an activating group) is 1. The van der Waals surface area contributed by atoms with E-state index in [1.54, 1.807) is 6.33 Å². The molecule has 0 saturated carbocycles. The van der Waals surface area contributed by atoms with Crippen molar-refractivity contribution in [3.8, 4) is 0 Å². The summed E-state index contributed by atoms with van der Waals surface area (Å²) in [5.74, 6) is 3.64. The number of aryl methyl sites for hydroxylation is 1. The zero-order valence-corrected chi connectivity index (χ0v) is 12.9. The van der Waals surface area contributed by atoms with Gasteiger partial charge in [-0.25, -0.2) is 4.98 Å². The lowest BCUT2D eigenvalue weighted by atomic mass is 10.1. The van der Waals surface area contributed by atoms with E-state index in [1.165, 1.54) is 11.5 Å². The second-order valence-corrected chi connectivity index (χ2v) is 7.27. The topological polar surface area (TPSA) is 42.7 Å². The average Bonchev–Trinajstić information content (AvgIpc) is 2.84. The first-order valence-electron chi connectivity index (χ1n) is 6.53. The third-order valence-electron chi connectivity index (χ3n) is 3.40. The first kappa shape index (κ1) is 14.2. The molecule has 18 heavy (non-hydrogen) atoms. The van der Waals surface area contributed by atoms with Gasteiger partial charge in [0.25, 0.3) is 0 Å². The van der Waals surface area contributed by atoms with E-state index in [4.69, 9.17) is 0 Å². The maximum absolute atomic E-state index is 4.39. The minimum atomic E-state index is 0.479. The Balaban J connectivity index is 2.04. The molecular weight excluding hydrogens is 264 g/mol. The van der Waals surface area contributed by atoms with Crippen LogP contribution in [0.15, 0.2) is 6.33 Å². The normalized spacial score (nSPS) is 26.2. The number of hydrogen-bond acceptors (Lipinski definition) is 5. The van der Waals surface area contributed by atoms with Crippen molar-refractivity contribution in [3.63, 3.8) is 0 Å². The standard InChI is InChI=1S/C12H22N4S2/c1-4-16-11(14-8-15-16)7-10(13-3)12-9(2)17-5-6-18-12/h8-10,12-13H,4-7H2,1-3H3. The predicted molar refractivity (Wildman–Crippen MR) is 80.4 cm³/mol. The molecule has 1 aliphatic rings. The highest BCUT2D eigenvalue weighted by atomic mass is 32.2. The van der Waals surface area contributed by atoms with Crippen LogP contribution in [0.5, 0.6) is 0 Å². The summed E-state index contributed by atoms with van der Waals surface area (Å²) in [7, 11) is 2.06. The molecule has 0 spiro atoms. The van der Waals surface area contributed by atoms with Gasteiger partial charge < -0.3 is 5.32 Å². The predicted octanol–water partition coefficient (Wildman–Crippen LogP) is 1.67. The Morgan fingerprint density at radius 3 is 2.94 bits per heavy atom. The summed E-state index contributed by atoms with van der Waals surface area (Å²) >= 11 is 4.19. The van der Waals surface area contributed by atoms with Gasteiger partial charge in [0.15, 0.2) is 0 Å². The van der Waals surface area contributed by atoms with Crippen molar-refractivity contribution >= 4 is 23.5 Å². The fourth-order valence-electron chi connectivity index (χ4n) is 2.38. The third kappa shape index (κ3) is 3.22. The Morgan fingerprint density at radius 1 is 1.50 bits per heavy atom. The Kier molecular flexibility index (Phi) is 5.38. The summed E-state index contributed by atoms with van der Waals surface area (Å²) in [5.41, 5.74) is 0. The van der Waals surface area contributed by atoms with Crippen molar-refractivity contribution in [2.75, 3.05) is 18.6 Å². The monoisotopic (exact) mass is 286 g/mol. The number of nitrogens with zero attached hydrogens (tertiary/aromatic N) is 3. The average molecular weight is 286 g/mol. The Morgan fingerprint density at radius 2 is 2.28 bits per heavy atom. The second kappa shape index (κ2) is 6.82. The van der Waals surface area contributed by atoms with E-state index in [9.17, 15) is 0 Å². The first-order chi connectivity index (χ1) is 8.76. The molecular formula is C12H22N4S2. The van der Waals surface area contributed by atoms with Gasteiger partial charge in [-0.3, -0.25) is 4.68 Å². The Hall–Kier alpha value is -0.200. The smallest absolute Gasteiger partial charge is 0.138 e. The molecule has 1 aromatic heterocycles. The van der Waals surface area contributed by atoms with Crippen molar-refractivity contribution < 1.29 is 0 Å². The van der Waals surface area contributed by atoms with Crippen LogP contribution in [-0.2, 0) is 13.0 Å². The van der Waals surface area contributed by atoms with Crippen LogP contribution in [0.25, 0.3) is 0 Å². The van der Waals surface area contributed by atoms with Gasteiger partial charge in [-0.15, -0.1) is 0 Å². The summed E-state index contributed by atoms with van der Waals surface area (Å²) < 4.78 is 2.00. The molecule has 1 saturated heterocycles. The van der Waals surface area contributed by atoms with Crippen LogP contribution in [0.1, 0.15) is 19.7 Å². The molecule has 2 heterocycles. The van der Waals surface area contributed by atoms with Gasteiger partial charge in [0.05, 0.1) is 0 Å². The molecule has 102 valence electrons. The van der Waals surface area contributed by atoms with E-state index in [1.807, 2.05) is 4.68 Å². The van der Waals surface area contributed by atoms with Crippen LogP contribution in [0.3, 0.4) is 0 Å². The molecule has 2 rings (SSSR count). The summed E-state index contributed by atoms with van der Waals surface area (Å²) in [5, 5.41) is 9.10. The lowest BCUT2D eigenvalue weighted by Crippen LogP contribution is -2.44. The van der Waals surface area contributed by atoms with Crippen molar-refractivity contribution in [3.05, 3.63) is 12.2 Å². The molecule has 0 amide bonds. The molecule has 1 fully saturated rings. The van der Waals surface area contributed by atoms with Crippen molar-refractivity contribution in [1.82, 2.24) is 20.1 Å². The fourth-order valence-corrected chi connectivity index (χ4v) is 5.38. The maximum Gasteiger partial charge on any atom is 0.138 e. The minimum absolute atomic E-state index is 0.479. The van der Waals surface area contributed by atoms with Crippen LogP contribution in [0.4, 0.5) is 0 Å². The summed E-state index contributed by atoms with van der Waals surface area (Å²) in [6.07, 6.45) is 2.63. The van der Waals surface area contributed by atoms with Crippen LogP contribution < -0.4 is 5.32 Å². The molecule has 0 radical (unpaired) electrons. The van der Waals surface area contributed by atoms with Gasteiger partial charge in [0, 0.05) is 41.0 Å². The van der Waals surface area contributed by atoms with Gasteiger partial charge in [0.2, 0.25) is 0 Å². The van der Waals surface area contributed by atoms with Crippen LogP contribution in [0, 0.1) is 0 Å². The lowest BCUT2D eigenvalue weighted by Gasteiger charge is -2.34. The van der Waals surface area contributed by atoms with Gasteiger partial charge in [0.1, 0.15) is 12.2 Å². The quantitative estimate of drug-likeness (QED) is 0.892. The molecule has 0 bridgehead atoms. The molecule has 1 aliphatic heterocycles. The highest BCUT2D eigenvalue weighted by Crippen LogP contribution is 2.33. The van der Waals surface area contributed by atoms with Gasteiger partial charge in [-0.2, -0.15) is 28.6 Å². The lowest BCUT2D eigenvalue weighted by molar-refractivity contribution is 0.496. The van der Waals surface area contributed by atoms with Gasteiger partial charge >= 0.3 is 0 Å². The van der Waals surface area contributed by atoms with Gasteiger partial charge in [-0.05, 0) is 14.0 Å². The SMILES string of the molecule is CCn1ncnc1CC(NC)C1SCCSC1C. The maximum atomic E-state index is 4.39. The molecule has 0 aromatic carbocycles. The number of hydrogen-bond donors (Lipinski definition) is 1. The van der Waals surface area contributed by atoms with E-state index in [0.717, 1.165) is 18.8 Å². The molecule has 1 N–H and O–H groups in total. The molecule has 6 heteroatoms. The van der Waals surface area contributed by atoms with E-state index in [0.29, 0.717) is 16.5 Å². The largest absolute Gasteiger partial charge is 0.315 e. The summed E-state index contributed by atoms with van der Waals surface area (Å²) in [6, 6.07) is 0.479. The Bertz CT molecular complexity index is 369. The van der Waals surface area contributed by atoms with Crippen molar-refractivity contribution in [2.24, 2.45) is 0 Å². The van der Waals surface area contributed by atoms with E-state index in [2.05, 4.69) is 59.8 Å². The highest BCUT2D eigenvalue weighted by Gasteiger charge is 2.30. The summed E-state index contributed by atoms with van der Waals surface area (Å²) in [4.78, 5) is 4.39. The molecule has 4 nitrogen and oxygen atoms in total. The first-order valence-corrected chi connectivity index (χ1v) is 8.63. The van der Waals surface area contributed by atoms with E-state index < -0.39 is 0 Å². The second-order valence-electron chi connectivity index (χ2n) is 4.50. The van der Waals surface area contributed by atoms with E-state index in [-0.39, 0.29) is 0 Å². The molecule has 3 atom stereocenters. The number of aromatic nitrogens is 3. The number of nitrogens with one attached hydrogen (secondary N) is 1. The molecule has 3 unspecified atom stereocenters. The highest BCUT2D eigenvalue weighted by molar-refractivity contribution is 8.07.